The van der Waals surface area contributed by atoms with Gasteiger partial charge in [-0.2, -0.15) is 0 Å². The van der Waals surface area contributed by atoms with Gasteiger partial charge in [-0.25, -0.2) is 4.98 Å². The summed E-state index contributed by atoms with van der Waals surface area (Å²) in [5.41, 5.74) is 8.49. The SMILES string of the molecule is Cc1cccc2cc3c(N)c(C(=O)NC(C)(C)C)sc3nc12. The van der Waals surface area contributed by atoms with E-state index in [1.807, 2.05) is 52.0 Å². The first-order valence-electron chi connectivity index (χ1n) is 7.17. The highest BCUT2D eigenvalue weighted by molar-refractivity contribution is 7.21. The second-order valence-electron chi connectivity index (χ2n) is 6.54. The summed E-state index contributed by atoms with van der Waals surface area (Å²) in [6, 6.07) is 8.07. The van der Waals surface area contributed by atoms with Gasteiger partial charge in [-0.15, -0.1) is 11.3 Å². The second-order valence-corrected chi connectivity index (χ2v) is 7.54. The number of amides is 1. The lowest BCUT2D eigenvalue weighted by molar-refractivity contribution is 0.0924. The molecule has 0 saturated carbocycles. The number of carbonyl (C=O) groups excluding carboxylic acids is 1. The number of para-hydroxylation sites is 1. The van der Waals surface area contributed by atoms with Gasteiger partial charge in [0.15, 0.2) is 0 Å². The maximum absolute atomic E-state index is 12.4. The first-order valence-corrected chi connectivity index (χ1v) is 7.99. The smallest absolute Gasteiger partial charge is 0.263 e. The Morgan fingerprint density at radius 1 is 1.32 bits per heavy atom. The number of nitrogens with two attached hydrogens (primary N) is 1. The average Bonchev–Trinajstić information content (AvgIpc) is 2.73. The molecule has 114 valence electrons. The summed E-state index contributed by atoms with van der Waals surface area (Å²) in [4.78, 5) is 18.4. The number of benzene rings is 1. The van der Waals surface area contributed by atoms with Crippen molar-refractivity contribution in [3.8, 4) is 0 Å². The van der Waals surface area contributed by atoms with Gasteiger partial charge in [0.2, 0.25) is 0 Å². The summed E-state index contributed by atoms with van der Waals surface area (Å²) >= 11 is 1.35. The van der Waals surface area contributed by atoms with Crippen LogP contribution in [0.4, 0.5) is 5.69 Å². The number of rotatable bonds is 1. The van der Waals surface area contributed by atoms with Gasteiger partial charge in [-0.05, 0) is 39.3 Å². The summed E-state index contributed by atoms with van der Waals surface area (Å²) in [6.07, 6.45) is 0. The van der Waals surface area contributed by atoms with Crippen molar-refractivity contribution in [2.45, 2.75) is 33.2 Å². The van der Waals surface area contributed by atoms with Gasteiger partial charge in [0, 0.05) is 16.3 Å². The van der Waals surface area contributed by atoms with Crippen molar-refractivity contribution in [3.05, 3.63) is 34.7 Å². The van der Waals surface area contributed by atoms with E-state index in [1.54, 1.807) is 0 Å². The fourth-order valence-electron chi connectivity index (χ4n) is 2.44. The van der Waals surface area contributed by atoms with E-state index in [1.165, 1.54) is 11.3 Å². The number of carbonyl (C=O) groups is 1. The highest BCUT2D eigenvalue weighted by atomic mass is 32.1. The van der Waals surface area contributed by atoms with Crippen LogP contribution in [0.5, 0.6) is 0 Å². The van der Waals surface area contributed by atoms with Crippen LogP contribution in [-0.2, 0) is 0 Å². The Labute approximate surface area is 133 Å². The molecule has 0 fully saturated rings. The Kier molecular flexibility index (Phi) is 3.33. The summed E-state index contributed by atoms with van der Waals surface area (Å²) in [7, 11) is 0. The molecule has 5 heteroatoms. The zero-order valence-electron chi connectivity index (χ0n) is 13.2. The fraction of sp³-hybridized carbons (Fsp3) is 0.294. The lowest BCUT2D eigenvalue weighted by atomic mass is 10.1. The van der Waals surface area contributed by atoms with E-state index in [-0.39, 0.29) is 11.4 Å². The van der Waals surface area contributed by atoms with Crippen molar-refractivity contribution in [1.29, 1.82) is 0 Å². The maximum atomic E-state index is 12.4. The normalized spacial score (nSPS) is 12.0. The van der Waals surface area contributed by atoms with E-state index in [2.05, 4.69) is 5.32 Å². The van der Waals surface area contributed by atoms with E-state index in [0.29, 0.717) is 10.6 Å². The predicted octanol–water partition coefficient (Wildman–Crippen LogP) is 3.87. The van der Waals surface area contributed by atoms with Crippen LogP contribution in [0.1, 0.15) is 36.0 Å². The molecule has 3 rings (SSSR count). The van der Waals surface area contributed by atoms with Gasteiger partial charge < -0.3 is 11.1 Å². The summed E-state index contributed by atoms with van der Waals surface area (Å²) in [6.45, 7) is 7.88. The highest BCUT2D eigenvalue weighted by Crippen LogP contribution is 2.35. The standard InChI is InChI=1S/C17H19N3OS/c1-9-6-5-7-10-8-11-12(18)14(15(21)20-17(2,3)4)22-16(11)19-13(9)10/h5-8H,18H2,1-4H3,(H,20,21). The molecule has 3 aromatic rings. The molecule has 0 aliphatic rings. The van der Waals surface area contributed by atoms with Crippen molar-refractivity contribution < 1.29 is 4.79 Å². The van der Waals surface area contributed by atoms with Crippen molar-refractivity contribution in [2.75, 3.05) is 5.73 Å². The van der Waals surface area contributed by atoms with Crippen LogP contribution < -0.4 is 11.1 Å². The third-order valence-electron chi connectivity index (χ3n) is 3.44. The number of pyridine rings is 1. The zero-order chi connectivity index (χ0) is 16.1. The molecule has 2 aromatic heterocycles. The van der Waals surface area contributed by atoms with Crippen molar-refractivity contribution in [1.82, 2.24) is 10.3 Å². The van der Waals surface area contributed by atoms with Gasteiger partial charge in [-0.1, -0.05) is 18.2 Å². The zero-order valence-corrected chi connectivity index (χ0v) is 14.0. The highest BCUT2D eigenvalue weighted by Gasteiger charge is 2.21. The summed E-state index contributed by atoms with van der Waals surface area (Å²) < 4.78 is 0. The first kappa shape index (κ1) is 14.8. The average molecular weight is 313 g/mol. The molecule has 0 atom stereocenters. The lowest BCUT2D eigenvalue weighted by Gasteiger charge is -2.19. The topological polar surface area (TPSA) is 68.0 Å². The van der Waals surface area contributed by atoms with Crippen LogP contribution in [0.3, 0.4) is 0 Å². The third kappa shape index (κ3) is 2.52. The van der Waals surface area contributed by atoms with E-state index >= 15 is 0 Å². The Balaban J connectivity index is 2.18. The van der Waals surface area contributed by atoms with Gasteiger partial charge in [0.1, 0.15) is 9.71 Å². The molecule has 2 heterocycles. The van der Waals surface area contributed by atoms with Crippen LogP contribution in [0.15, 0.2) is 24.3 Å². The third-order valence-corrected chi connectivity index (χ3v) is 4.55. The van der Waals surface area contributed by atoms with E-state index in [9.17, 15) is 4.79 Å². The molecule has 1 aromatic carbocycles. The van der Waals surface area contributed by atoms with E-state index in [4.69, 9.17) is 10.7 Å². The number of anilines is 1. The van der Waals surface area contributed by atoms with Gasteiger partial charge in [0.25, 0.3) is 5.91 Å². The summed E-state index contributed by atoms with van der Waals surface area (Å²) in [5, 5.41) is 4.84. The minimum atomic E-state index is -0.297. The Hall–Kier alpha value is -2.14. The quantitative estimate of drug-likeness (QED) is 0.716. The van der Waals surface area contributed by atoms with Crippen LogP contribution in [0, 0.1) is 6.92 Å². The number of nitrogens with one attached hydrogen (secondary N) is 1. The number of nitrogen functional groups attached to an aromatic ring is 1. The van der Waals surface area contributed by atoms with Crippen LogP contribution in [0.25, 0.3) is 21.1 Å². The van der Waals surface area contributed by atoms with Crippen molar-refractivity contribution in [2.24, 2.45) is 0 Å². The molecule has 0 bridgehead atoms. The predicted molar refractivity (Wildman–Crippen MR) is 93.5 cm³/mol. The molecule has 1 amide bonds. The van der Waals surface area contributed by atoms with Gasteiger partial charge in [0.05, 0.1) is 11.2 Å². The Morgan fingerprint density at radius 2 is 2.05 bits per heavy atom. The Morgan fingerprint density at radius 3 is 2.73 bits per heavy atom. The molecule has 0 aliphatic heterocycles. The molecule has 4 nitrogen and oxygen atoms in total. The number of thiophene rings is 1. The number of hydrogen-bond acceptors (Lipinski definition) is 4. The molecule has 22 heavy (non-hydrogen) atoms. The monoisotopic (exact) mass is 313 g/mol. The fourth-order valence-corrected chi connectivity index (χ4v) is 3.41. The van der Waals surface area contributed by atoms with Crippen LogP contribution in [-0.4, -0.2) is 16.4 Å². The molecule has 3 N–H and O–H groups in total. The molecule has 0 aliphatic carbocycles. The number of aryl methyl sites for hydroxylation is 1. The number of nitrogens with zero attached hydrogens (tertiary/aromatic N) is 1. The number of aromatic nitrogens is 1. The molecular weight excluding hydrogens is 294 g/mol. The molecule has 0 saturated heterocycles. The molecule has 0 radical (unpaired) electrons. The number of fused-ring (bicyclic) bond motifs is 2. The van der Waals surface area contributed by atoms with E-state index < -0.39 is 0 Å². The maximum Gasteiger partial charge on any atom is 0.263 e. The van der Waals surface area contributed by atoms with Crippen molar-refractivity contribution in [3.63, 3.8) is 0 Å². The van der Waals surface area contributed by atoms with Gasteiger partial charge >= 0.3 is 0 Å². The Bertz CT molecular complexity index is 890. The lowest BCUT2D eigenvalue weighted by Crippen LogP contribution is -2.40. The molecule has 0 spiro atoms. The second kappa shape index (κ2) is 4.95. The first-order chi connectivity index (χ1) is 10.3. The van der Waals surface area contributed by atoms with Gasteiger partial charge in [-0.3, -0.25) is 4.79 Å². The summed E-state index contributed by atoms with van der Waals surface area (Å²) in [5.74, 6) is -0.145. The largest absolute Gasteiger partial charge is 0.397 e. The van der Waals surface area contributed by atoms with Crippen molar-refractivity contribution >= 4 is 44.1 Å². The van der Waals surface area contributed by atoms with Crippen LogP contribution >= 0.6 is 11.3 Å². The number of hydrogen-bond donors (Lipinski definition) is 2. The van der Waals surface area contributed by atoms with Crippen LogP contribution in [0.2, 0.25) is 0 Å². The molecule has 0 unspecified atom stereocenters. The molecular formula is C17H19N3OS. The minimum Gasteiger partial charge on any atom is -0.397 e. The minimum absolute atomic E-state index is 0.145. The van der Waals surface area contributed by atoms with E-state index in [0.717, 1.165) is 26.7 Å².